The topological polar surface area (TPSA) is 38.3 Å². The average molecular weight is 191 g/mol. The van der Waals surface area contributed by atoms with E-state index in [0.29, 0.717) is 12.0 Å². The summed E-state index contributed by atoms with van der Waals surface area (Å²) in [5.41, 5.74) is 0. The molecule has 1 saturated heterocycles. The highest BCUT2D eigenvalue weighted by Crippen LogP contribution is 2.16. The summed E-state index contributed by atoms with van der Waals surface area (Å²) in [5, 5.41) is 3.20. The number of hydrogen-bond donors (Lipinski definition) is 1. The van der Waals surface area contributed by atoms with Crippen LogP contribution in [0.5, 0.6) is 0 Å². The zero-order valence-corrected chi connectivity index (χ0v) is 8.52. The average Bonchev–Trinajstić information content (AvgIpc) is 2.51. The van der Waals surface area contributed by atoms with E-state index in [-0.39, 0.29) is 0 Å². The Morgan fingerprint density at radius 1 is 1.75 bits per heavy atom. The Hall–Kier alpha value is 0.0700. The van der Waals surface area contributed by atoms with Gasteiger partial charge < -0.3 is 10.1 Å². The molecule has 12 heavy (non-hydrogen) atoms. The maximum absolute atomic E-state index is 11.0. The fourth-order valence-electron chi connectivity index (χ4n) is 1.58. The van der Waals surface area contributed by atoms with Crippen molar-refractivity contribution in [3.63, 3.8) is 0 Å². The second kappa shape index (κ2) is 4.94. The zero-order chi connectivity index (χ0) is 8.97. The van der Waals surface area contributed by atoms with Gasteiger partial charge in [-0.1, -0.05) is 0 Å². The van der Waals surface area contributed by atoms with Crippen molar-refractivity contribution in [1.82, 2.24) is 5.32 Å². The minimum atomic E-state index is -0.710. The van der Waals surface area contributed by atoms with Crippen LogP contribution in [0.2, 0.25) is 0 Å². The summed E-state index contributed by atoms with van der Waals surface area (Å²) in [4.78, 5) is 0. The molecule has 0 spiro atoms. The number of ether oxygens (including phenoxy) is 1. The van der Waals surface area contributed by atoms with Gasteiger partial charge in [-0.05, 0) is 13.5 Å². The Kier molecular flexibility index (Phi) is 4.18. The smallest absolute Gasteiger partial charge is 0.0510 e. The van der Waals surface area contributed by atoms with Crippen LogP contribution in [0.3, 0.4) is 0 Å². The summed E-state index contributed by atoms with van der Waals surface area (Å²) in [6, 6.07) is 0.360. The Balaban J connectivity index is 2.37. The molecule has 0 aromatic heterocycles. The molecule has 1 heterocycles. The van der Waals surface area contributed by atoms with Crippen LogP contribution in [-0.2, 0) is 15.5 Å². The standard InChI is InChI=1S/C8H17NO2S/c1-9-8(6-12(2)10)7-3-4-11-5-7/h7-9H,3-6H2,1-2H3. The van der Waals surface area contributed by atoms with Crippen molar-refractivity contribution < 1.29 is 8.95 Å². The third-order valence-corrected chi connectivity index (χ3v) is 3.15. The van der Waals surface area contributed by atoms with Gasteiger partial charge in [0.1, 0.15) is 0 Å². The molecular formula is C8H17NO2S. The third-order valence-electron chi connectivity index (χ3n) is 2.32. The molecule has 3 unspecified atom stereocenters. The van der Waals surface area contributed by atoms with Crippen LogP contribution in [-0.4, -0.2) is 42.5 Å². The first-order valence-corrected chi connectivity index (χ1v) is 6.01. The fourth-order valence-corrected chi connectivity index (χ4v) is 2.52. The summed E-state index contributed by atoms with van der Waals surface area (Å²) in [7, 11) is 1.22. The van der Waals surface area contributed by atoms with Crippen LogP contribution in [0, 0.1) is 5.92 Å². The van der Waals surface area contributed by atoms with Crippen LogP contribution in [0.15, 0.2) is 0 Å². The highest BCUT2D eigenvalue weighted by Gasteiger charge is 2.24. The highest BCUT2D eigenvalue weighted by molar-refractivity contribution is 7.84. The van der Waals surface area contributed by atoms with Crippen molar-refractivity contribution in [3.8, 4) is 0 Å². The van der Waals surface area contributed by atoms with E-state index in [0.717, 1.165) is 25.4 Å². The minimum absolute atomic E-state index is 0.360. The molecule has 3 nitrogen and oxygen atoms in total. The van der Waals surface area contributed by atoms with Gasteiger partial charge in [-0.3, -0.25) is 4.21 Å². The van der Waals surface area contributed by atoms with E-state index in [2.05, 4.69) is 5.32 Å². The molecule has 3 atom stereocenters. The highest BCUT2D eigenvalue weighted by atomic mass is 32.2. The van der Waals surface area contributed by atoms with E-state index in [1.54, 1.807) is 6.26 Å². The lowest BCUT2D eigenvalue weighted by atomic mass is 10.0. The first-order valence-electron chi connectivity index (χ1n) is 4.29. The van der Waals surface area contributed by atoms with Gasteiger partial charge in [0.2, 0.25) is 0 Å². The normalized spacial score (nSPS) is 28.7. The van der Waals surface area contributed by atoms with E-state index in [9.17, 15) is 4.21 Å². The second-order valence-corrected chi connectivity index (χ2v) is 4.74. The SMILES string of the molecule is CNC(CS(C)=O)C1CCOC1. The zero-order valence-electron chi connectivity index (χ0n) is 7.71. The van der Waals surface area contributed by atoms with Crippen molar-refractivity contribution in [2.24, 2.45) is 5.92 Å². The maximum Gasteiger partial charge on any atom is 0.0510 e. The molecule has 0 aromatic carbocycles. The van der Waals surface area contributed by atoms with Gasteiger partial charge >= 0.3 is 0 Å². The van der Waals surface area contributed by atoms with E-state index >= 15 is 0 Å². The Morgan fingerprint density at radius 3 is 2.92 bits per heavy atom. The molecule has 0 radical (unpaired) electrons. The van der Waals surface area contributed by atoms with Crippen LogP contribution >= 0.6 is 0 Å². The number of hydrogen-bond acceptors (Lipinski definition) is 3. The Morgan fingerprint density at radius 2 is 2.50 bits per heavy atom. The summed E-state index contributed by atoms with van der Waals surface area (Å²) in [6.45, 7) is 1.68. The monoisotopic (exact) mass is 191 g/mol. The second-order valence-electron chi connectivity index (χ2n) is 3.26. The summed E-state index contributed by atoms with van der Waals surface area (Å²) in [5.74, 6) is 1.30. The number of rotatable bonds is 4. The van der Waals surface area contributed by atoms with Gasteiger partial charge in [-0.15, -0.1) is 0 Å². The molecule has 0 aromatic rings. The largest absolute Gasteiger partial charge is 0.381 e. The summed E-state index contributed by atoms with van der Waals surface area (Å²) in [6.07, 6.45) is 2.85. The van der Waals surface area contributed by atoms with Gasteiger partial charge in [-0.25, -0.2) is 0 Å². The lowest BCUT2D eigenvalue weighted by Gasteiger charge is -2.20. The van der Waals surface area contributed by atoms with Crippen molar-refractivity contribution in [1.29, 1.82) is 0 Å². The molecule has 1 fully saturated rings. The summed E-state index contributed by atoms with van der Waals surface area (Å²) < 4.78 is 16.3. The van der Waals surface area contributed by atoms with Gasteiger partial charge in [0.05, 0.1) is 6.61 Å². The number of nitrogens with one attached hydrogen (secondary N) is 1. The van der Waals surface area contributed by atoms with Gasteiger partial charge in [0.15, 0.2) is 0 Å². The predicted octanol–water partition coefficient (Wildman–Crippen LogP) is -0.0106. The van der Waals surface area contributed by atoms with Gasteiger partial charge in [0, 0.05) is 41.4 Å². The molecule has 0 saturated carbocycles. The van der Waals surface area contributed by atoms with Crippen LogP contribution in [0.25, 0.3) is 0 Å². The van der Waals surface area contributed by atoms with E-state index in [1.807, 2.05) is 7.05 Å². The quantitative estimate of drug-likeness (QED) is 0.679. The van der Waals surface area contributed by atoms with E-state index < -0.39 is 10.8 Å². The first-order chi connectivity index (χ1) is 5.74. The molecule has 0 amide bonds. The van der Waals surface area contributed by atoms with E-state index in [4.69, 9.17) is 4.74 Å². The fraction of sp³-hybridized carbons (Fsp3) is 1.00. The van der Waals surface area contributed by atoms with Crippen LogP contribution in [0.4, 0.5) is 0 Å². The van der Waals surface area contributed by atoms with Gasteiger partial charge in [-0.2, -0.15) is 0 Å². The molecule has 0 bridgehead atoms. The maximum atomic E-state index is 11.0. The minimum Gasteiger partial charge on any atom is -0.381 e. The van der Waals surface area contributed by atoms with Crippen LogP contribution in [0.1, 0.15) is 6.42 Å². The Bertz CT molecular complexity index is 157. The molecule has 0 aliphatic carbocycles. The van der Waals surface area contributed by atoms with Crippen LogP contribution < -0.4 is 5.32 Å². The molecule has 1 rings (SSSR count). The van der Waals surface area contributed by atoms with Gasteiger partial charge in [0.25, 0.3) is 0 Å². The molecule has 72 valence electrons. The predicted molar refractivity (Wildman–Crippen MR) is 50.7 cm³/mol. The van der Waals surface area contributed by atoms with Crippen molar-refractivity contribution >= 4 is 10.8 Å². The molecule has 1 N–H and O–H groups in total. The lowest BCUT2D eigenvalue weighted by Crippen LogP contribution is -2.38. The lowest BCUT2D eigenvalue weighted by molar-refractivity contribution is 0.179. The van der Waals surface area contributed by atoms with Crippen molar-refractivity contribution in [3.05, 3.63) is 0 Å². The molecular weight excluding hydrogens is 174 g/mol. The van der Waals surface area contributed by atoms with E-state index in [1.165, 1.54) is 0 Å². The molecule has 1 aliphatic rings. The molecule has 1 aliphatic heterocycles. The van der Waals surface area contributed by atoms with Crippen molar-refractivity contribution in [2.75, 3.05) is 32.3 Å². The molecule has 4 heteroatoms. The summed E-state index contributed by atoms with van der Waals surface area (Å²) >= 11 is 0. The first kappa shape index (κ1) is 10.2. The Labute approximate surface area is 76.3 Å². The van der Waals surface area contributed by atoms with Crippen molar-refractivity contribution in [2.45, 2.75) is 12.5 Å². The third kappa shape index (κ3) is 2.84.